The smallest absolute Gasteiger partial charge is 0.320 e. The number of sulfonamides is 1. The van der Waals surface area contributed by atoms with Crippen molar-refractivity contribution in [1.82, 2.24) is 25.9 Å². The molecule has 0 spiro atoms. The van der Waals surface area contributed by atoms with E-state index in [2.05, 4.69) is 68.2 Å². The van der Waals surface area contributed by atoms with Crippen LogP contribution in [0, 0.1) is 5.82 Å². The quantitative estimate of drug-likeness (QED) is 0.0226. The standard InChI is InChI=1S/C51H75FN6O14S.3C2H6S2.17CH4/c1-53-46(50(64)65)18-13-14-26-54-47(60)38-71-33-30-68-28-15-17-41(59)37-70-32-31-69-29-27-55-49(63)40-35-56-51(57-36-40)58-73(66,67)44-23-20-42(21-24-44)72-43-22-25-45(52)39(34-43)16-11-9-7-5-3-2-4-6-8-10-12-19-48(61)62;3*1-3-4-2;;;;;;;;;;;;;;;;;/h20-25,34-36,46,53H,2-19,26-33,37-38H2,1H3,(H,54,60)(H,55,63)(H,61,62)(H,64,65)(H,56,57,58);3*1-2H3;17*1H4/t46-;;;;;;;;;;;;;;;;;;;;/m0..................../s1. The summed E-state index contributed by atoms with van der Waals surface area (Å²) >= 11 is 0. The minimum Gasteiger partial charge on any atom is -0.481 e. The number of nitrogens with one attached hydrogen (secondary N) is 4. The van der Waals surface area contributed by atoms with Gasteiger partial charge in [-0.2, -0.15) is 0 Å². The molecule has 620 valence electrons. The average Bonchev–Trinajstić information content (AvgIpc) is 0.825. The summed E-state index contributed by atoms with van der Waals surface area (Å²) in [7, 11) is 8.14. The van der Waals surface area contributed by atoms with Crippen molar-refractivity contribution < 1.29 is 70.7 Å². The summed E-state index contributed by atoms with van der Waals surface area (Å²) in [6.07, 6.45) is 29.6. The van der Waals surface area contributed by atoms with Crippen molar-refractivity contribution in [2.45, 2.75) is 253 Å². The zero-order valence-corrected chi connectivity index (χ0v) is 56.2. The number of rotatable bonds is 47. The molecule has 0 aliphatic heterocycles. The molecule has 0 bridgehead atoms. The third-order valence-electron chi connectivity index (χ3n) is 11.8. The molecule has 1 atom stereocenters. The Balaban J connectivity index is -0.000000141. The number of likely N-dealkylation sites (N-methyl/N-ethyl adjacent to an activating group) is 1. The van der Waals surface area contributed by atoms with E-state index in [0.29, 0.717) is 62.3 Å². The minimum atomic E-state index is -4.10. The maximum Gasteiger partial charge on any atom is 0.320 e. The Kier molecular flexibility index (Phi) is 141. The second kappa shape index (κ2) is 99.5. The molecule has 6 N–H and O–H groups in total. The van der Waals surface area contributed by atoms with Crippen LogP contribution >= 0.6 is 64.8 Å². The number of Topliss-reactive ketones (excluding diaryl/α,β-unsaturated/α-hetero) is 1. The maximum absolute atomic E-state index is 14.6. The highest BCUT2D eigenvalue weighted by atomic mass is 33.1. The van der Waals surface area contributed by atoms with E-state index in [9.17, 15) is 36.8 Å². The molecule has 2 amide bonds. The van der Waals surface area contributed by atoms with Gasteiger partial charge in [0.05, 0.1) is 43.5 Å². The lowest BCUT2D eigenvalue weighted by Crippen LogP contribution is -2.34. The summed E-state index contributed by atoms with van der Waals surface area (Å²) in [5.41, 5.74) is 0.649. The number of nitrogens with zero attached hydrogens (tertiary/aromatic N) is 2. The van der Waals surface area contributed by atoms with Gasteiger partial charge in [-0.1, -0.05) is 249 Å². The number of carboxylic acid groups (broad SMARTS) is 2. The zero-order valence-electron chi connectivity index (χ0n) is 50.5. The number of carboxylic acids is 2. The Bertz CT molecular complexity index is 2320. The molecule has 0 radical (unpaired) electrons. The fourth-order valence-corrected chi connectivity index (χ4v) is 8.16. The van der Waals surface area contributed by atoms with E-state index >= 15 is 0 Å². The van der Waals surface area contributed by atoms with E-state index in [-0.39, 0.29) is 226 Å². The van der Waals surface area contributed by atoms with Crippen molar-refractivity contribution in [3.05, 3.63) is 71.8 Å². The average molecular weight is 1600 g/mol. The number of ether oxygens (including phenoxy) is 5. The monoisotopic (exact) mass is 1600 g/mol. The largest absolute Gasteiger partial charge is 0.481 e. The van der Waals surface area contributed by atoms with Crippen LogP contribution in [-0.4, -0.2) is 175 Å². The summed E-state index contributed by atoms with van der Waals surface area (Å²) in [4.78, 5) is 65.9. The van der Waals surface area contributed by atoms with Crippen LogP contribution in [0.5, 0.6) is 11.5 Å². The normalized spacial score (nSPS) is 9.29. The molecule has 0 unspecified atom stereocenters. The topological polar surface area (TPSA) is 280 Å². The van der Waals surface area contributed by atoms with Gasteiger partial charge in [-0.05, 0) is 138 Å². The van der Waals surface area contributed by atoms with Crippen LogP contribution < -0.4 is 25.4 Å². The lowest BCUT2D eigenvalue weighted by Gasteiger charge is -2.11. The molecule has 1 heterocycles. The van der Waals surface area contributed by atoms with Crippen LogP contribution in [0.1, 0.15) is 251 Å². The number of aromatic nitrogens is 2. The van der Waals surface area contributed by atoms with Crippen molar-refractivity contribution in [3.63, 3.8) is 0 Å². The number of ketones is 1. The van der Waals surface area contributed by atoms with Crippen LogP contribution in [0.3, 0.4) is 0 Å². The first-order valence-electron chi connectivity index (χ1n) is 28.1. The molecule has 3 aromatic rings. The molecule has 0 saturated heterocycles. The predicted molar refractivity (Wildman–Crippen MR) is 465 cm³/mol. The Morgan fingerprint density at radius 1 is 0.500 bits per heavy atom. The predicted octanol–water partition coefficient (Wildman–Crippen LogP) is 22.3. The van der Waals surface area contributed by atoms with Gasteiger partial charge in [0, 0.05) is 44.9 Å². The third-order valence-corrected chi connectivity index (χ3v) is 17.1. The van der Waals surface area contributed by atoms with Crippen molar-refractivity contribution in [2.75, 3.05) is 115 Å². The highest BCUT2D eigenvalue weighted by molar-refractivity contribution is 8.76. The first kappa shape index (κ1) is 144. The third kappa shape index (κ3) is 82.1. The van der Waals surface area contributed by atoms with Gasteiger partial charge in [0.2, 0.25) is 11.9 Å². The van der Waals surface area contributed by atoms with Crippen molar-refractivity contribution in [1.29, 1.82) is 0 Å². The molecule has 20 nitrogen and oxygen atoms in total. The molecular weight excluding hydrogens is 1440 g/mol. The molecule has 2 aromatic carbocycles. The van der Waals surface area contributed by atoms with E-state index in [4.69, 9.17) is 33.9 Å². The van der Waals surface area contributed by atoms with Crippen LogP contribution in [-0.2, 0) is 54.6 Å². The fraction of sp³-hybridized carbons (Fsp3) is 0.716. The summed E-state index contributed by atoms with van der Waals surface area (Å²) in [5.74, 6) is -2.25. The van der Waals surface area contributed by atoms with Crippen LogP contribution in [0.15, 0.2) is 59.8 Å². The van der Waals surface area contributed by atoms with Gasteiger partial charge in [-0.25, -0.2) is 27.5 Å². The molecule has 3 rings (SSSR count). The van der Waals surface area contributed by atoms with E-state index in [1.165, 1.54) is 61.6 Å². The van der Waals surface area contributed by atoms with Crippen molar-refractivity contribution in [2.24, 2.45) is 0 Å². The van der Waals surface area contributed by atoms with E-state index in [1.54, 1.807) is 77.9 Å². The minimum absolute atomic E-state index is 0. The number of benzene rings is 2. The number of amides is 2. The zero-order chi connectivity index (χ0) is 63.2. The van der Waals surface area contributed by atoms with Crippen molar-refractivity contribution in [3.8, 4) is 11.5 Å². The van der Waals surface area contributed by atoms with Gasteiger partial charge in [0.15, 0.2) is 5.78 Å². The Morgan fingerprint density at radius 3 is 1.40 bits per heavy atom. The van der Waals surface area contributed by atoms with Gasteiger partial charge in [0.25, 0.3) is 15.9 Å². The maximum atomic E-state index is 14.6. The molecule has 1 aromatic heterocycles. The Labute approximate surface area is 653 Å². The number of carbonyl (C=O) groups excluding carboxylic acids is 3. The van der Waals surface area contributed by atoms with E-state index < -0.39 is 33.9 Å². The first-order valence-corrected chi connectivity index (χ1v) is 38.5. The van der Waals surface area contributed by atoms with Crippen molar-refractivity contribution >= 4 is 110 Å². The van der Waals surface area contributed by atoms with Gasteiger partial charge >= 0.3 is 11.9 Å². The van der Waals surface area contributed by atoms with Gasteiger partial charge in [-0.3, -0.25) is 24.0 Å². The lowest BCUT2D eigenvalue weighted by molar-refractivity contribution is -0.139. The van der Waals surface area contributed by atoms with Crippen LogP contribution in [0.4, 0.5) is 10.3 Å². The lowest BCUT2D eigenvalue weighted by atomic mass is 10.0. The van der Waals surface area contributed by atoms with E-state index in [0.717, 1.165) is 57.8 Å². The number of aryl methyl sites for hydroxylation is 1. The van der Waals surface area contributed by atoms with E-state index in [1.807, 2.05) is 0 Å². The number of anilines is 1. The molecule has 0 aliphatic rings. The van der Waals surface area contributed by atoms with Crippen LogP contribution in [0.25, 0.3) is 0 Å². The molecule has 0 aliphatic carbocycles. The summed E-state index contributed by atoms with van der Waals surface area (Å²) in [6, 6.07) is 9.63. The number of unbranched alkanes of at least 4 members (excludes halogenated alkanes) is 11. The summed E-state index contributed by atoms with van der Waals surface area (Å²) in [6.45, 7) is 1.78. The molecule has 102 heavy (non-hydrogen) atoms. The molecule has 0 saturated carbocycles. The highest BCUT2D eigenvalue weighted by Crippen LogP contribution is 2.27. The molecule has 0 fully saturated rings. The fourth-order valence-electron chi connectivity index (χ4n) is 7.21. The first-order chi connectivity index (χ1) is 41.0. The summed E-state index contributed by atoms with van der Waals surface area (Å²) < 4.78 is 70.5. The Morgan fingerprint density at radius 2 is 0.941 bits per heavy atom. The Hall–Kier alpha value is -3.55. The highest BCUT2D eigenvalue weighted by Gasteiger charge is 2.18. The van der Waals surface area contributed by atoms with Gasteiger partial charge in [0.1, 0.15) is 36.6 Å². The number of hydrogen-bond donors (Lipinski definition) is 6. The van der Waals surface area contributed by atoms with Crippen LogP contribution in [0.2, 0.25) is 0 Å². The number of halogens is 1. The molecule has 28 heteroatoms. The SMILES string of the molecule is C.C.C.C.C.C.C.C.C.C.C.C.C.C.C.C.C.CN[C@@H](CCCCNC(=O)COCCOCCCC(=O)COCCOCCNC(=O)c1cnc(NS(=O)(=O)c2ccc(Oc3ccc(F)c(CCCCCCCCCCCCCC(=O)O)c3)cc2)nc1)C(=O)O.CSSC.CSSC.CSSC. The molecular formula is C74H161FN6O14S7. The van der Waals surface area contributed by atoms with Gasteiger partial charge < -0.3 is 49.8 Å². The second-order valence-corrected chi connectivity index (χ2v) is 27.9. The summed E-state index contributed by atoms with van der Waals surface area (Å²) in [5, 5.41) is 25.8. The number of aliphatic carboxylic acids is 2. The second-order valence-electron chi connectivity index (χ2n) is 18.3. The van der Waals surface area contributed by atoms with Gasteiger partial charge in [-0.15, -0.1) is 0 Å². The number of hydrogen-bond acceptors (Lipinski definition) is 21. The number of carbonyl (C=O) groups is 5.